The van der Waals surface area contributed by atoms with Crippen molar-refractivity contribution < 1.29 is 28.6 Å². The molecule has 9 heteroatoms. The van der Waals surface area contributed by atoms with Crippen LogP contribution in [-0.4, -0.2) is 42.1 Å². The zero-order valence-electron chi connectivity index (χ0n) is 18.6. The molecule has 0 radical (unpaired) electrons. The van der Waals surface area contributed by atoms with Crippen molar-refractivity contribution in [2.75, 3.05) is 18.3 Å². The fourth-order valence-electron chi connectivity index (χ4n) is 4.07. The van der Waals surface area contributed by atoms with E-state index in [0.717, 1.165) is 14.0 Å². The largest absolute Gasteiger partial charge is 0.484 e. The van der Waals surface area contributed by atoms with Gasteiger partial charge in [0.2, 0.25) is 12.7 Å². The summed E-state index contributed by atoms with van der Waals surface area (Å²) in [6, 6.07) is 20.5. The van der Waals surface area contributed by atoms with Crippen molar-refractivity contribution in [1.82, 2.24) is 4.90 Å². The van der Waals surface area contributed by atoms with Crippen LogP contribution in [0.3, 0.4) is 0 Å². The number of para-hydroxylation sites is 1. The monoisotopic (exact) mass is 584 g/mol. The van der Waals surface area contributed by atoms with E-state index in [1.54, 1.807) is 36.4 Å². The van der Waals surface area contributed by atoms with Crippen molar-refractivity contribution in [3.8, 4) is 17.2 Å². The van der Waals surface area contributed by atoms with E-state index in [1.807, 2.05) is 36.4 Å². The maximum absolute atomic E-state index is 13.4. The second kappa shape index (κ2) is 9.95. The molecule has 0 bridgehead atoms. The van der Waals surface area contributed by atoms with Crippen LogP contribution in [0.1, 0.15) is 12.0 Å². The summed E-state index contributed by atoms with van der Waals surface area (Å²) in [7, 11) is 0. The summed E-state index contributed by atoms with van der Waals surface area (Å²) >= 11 is 2.16. The van der Waals surface area contributed by atoms with E-state index in [9.17, 15) is 14.4 Å². The lowest BCUT2D eigenvalue weighted by molar-refractivity contribution is -0.140. The van der Waals surface area contributed by atoms with E-state index in [-0.39, 0.29) is 32.3 Å². The maximum atomic E-state index is 13.4. The van der Waals surface area contributed by atoms with E-state index >= 15 is 0 Å². The number of carbonyl (C=O) groups excluding carboxylic acids is 3. The molecule has 0 spiro atoms. The number of ether oxygens (including phenoxy) is 3. The Hall–Kier alpha value is -3.60. The van der Waals surface area contributed by atoms with Gasteiger partial charge in [0.1, 0.15) is 11.8 Å². The molecular weight excluding hydrogens is 563 g/mol. The molecule has 0 saturated carbocycles. The number of anilines is 1. The fraction of sp³-hybridized carbons (Fsp3) is 0.192. The van der Waals surface area contributed by atoms with E-state index in [0.29, 0.717) is 22.9 Å². The van der Waals surface area contributed by atoms with E-state index in [4.69, 9.17) is 14.2 Å². The van der Waals surface area contributed by atoms with Crippen molar-refractivity contribution in [1.29, 1.82) is 0 Å². The first kappa shape index (κ1) is 23.2. The minimum atomic E-state index is -0.945. The minimum absolute atomic E-state index is 0.105. The van der Waals surface area contributed by atoms with Crippen LogP contribution in [0.25, 0.3) is 0 Å². The predicted molar refractivity (Wildman–Crippen MR) is 135 cm³/mol. The van der Waals surface area contributed by atoms with Gasteiger partial charge in [0, 0.05) is 10.1 Å². The van der Waals surface area contributed by atoms with Crippen LogP contribution in [0.2, 0.25) is 0 Å². The third-order valence-corrected chi connectivity index (χ3v) is 6.52. The van der Waals surface area contributed by atoms with Gasteiger partial charge in [-0.1, -0.05) is 24.3 Å². The van der Waals surface area contributed by atoms with Crippen LogP contribution in [-0.2, 0) is 20.9 Å². The van der Waals surface area contributed by atoms with Gasteiger partial charge in [0.15, 0.2) is 18.1 Å². The van der Waals surface area contributed by atoms with Gasteiger partial charge in [-0.25, -0.2) is 4.90 Å². The molecule has 0 N–H and O–H groups in total. The summed E-state index contributed by atoms with van der Waals surface area (Å²) in [5, 5.41) is 0. The Bertz CT molecular complexity index is 1260. The lowest BCUT2D eigenvalue weighted by atomic mass is 10.1. The SMILES string of the molecule is O=C1CC(N(Cc2ccc3c(c2)OCO3)C(=O)COc2ccccc2)C(=O)N1c1ccc(I)cc1. The second-order valence-electron chi connectivity index (χ2n) is 8.07. The Morgan fingerprint density at radius 1 is 1.00 bits per heavy atom. The van der Waals surface area contributed by atoms with Crippen LogP contribution in [0.5, 0.6) is 17.2 Å². The van der Waals surface area contributed by atoms with Gasteiger partial charge in [-0.05, 0) is 76.7 Å². The van der Waals surface area contributed by atoms with Gasteiger partial charge in [-0.2, -0.15) is 0 Å². The molecule has 1 atom stereocenters. The molecular formula is C26H21IN2O6. The Balaban J connectivity index is 1.40. The first-order chi connectivity index (χ1) is 17.0. The lowest BCUT2D eigenvalue weighted by Crippen LogP contribution is -2.46. The number of carbonyl (C=O) groups is 3. The molecule has 2 heterocycles. The molecule has 1 unspecified atom stereocenters. The molecule has 0 aromatic heterocycles. The van der Waals surface area contributed by atoms with Crippen molar-refractivity contribution in [3.63, 3.8) is 0 Å². The predicted octanol–water partition coefficient (Wildman–Crippen LogP) is 3.76. The molecule has 8 nitrogen and oxygen atoms in total. The molecule has 3 aromatic carbocycles. The average molecular weight is 584 g/mol. The molecule has 5 rings (SSSR count). The number of rotatable bonds is 7. The van der Waals surface area contributed by atoms with Crippen LogP contribution in [0, 0.1) is 3.57 Å². The van der Waals surface area contributed by atoms with Gasteiger partial charge < -0.3 is 19.1 Å². The highest BCUT2D eigenvalue weighted by Gasteiger charge is 2.44. The maximum Gasteiger partial charge on any atom is 0.261 e. The van der Waals surface area contributed by atoms with Gasteiger partial charge in [0.05, 0.1) is 12.1 Å². The highest BCUT2D eigenvalue weighted by molar-refractivity contribution is 14.1. The van der Waals surface area contributed by atoms with Crippen molar-refractivity contribution in [2.24, 2.45) is 0 Å². The highest BCUT2D eigenvalue weighted by Crippen LogP contribution is 2.34. The molecule has 35 heavy (non-hydrogen) atoms. The summed E-state index contributed by atoms with van der Waals surface area (Å²) in [4.78, 5) is 42.2. The van der Waals surface area contributed by atoms with Gasteiger partial charge in [-0.3, -0.25) is 14.4 Å². The first-order valence-corrected chi connectivity index (χ1v) is 12.1. The van der Waals surface area contributed by atoms with Crippen molar-refractivity contribution in [3.05, 3.63) is 81.9 Å². The topological polar surface area (TPSA) is 85.4 Å². The third kappa shape index (κ3) is 4.95. The van der Waals surface area contributed by atoms with Crippen LogP contribution in [0.15, 0.2) is 72.8 Å². The number of amides is 3. The average Bonchev–Trinajstić information content (AvgIpc) is 3.45. The van der Waals surface area contributed by atoms with E-state index in [2.05, 4.69) is 22.6 Å². The first-order valence-electron chi connectivity index (χ1n) is 11.0. The van der Waals surface area contributed by atoms with Crippen LogP contribution in [0.4, 0.5) is 5.69 Å². The zero-order valence-corrected chi connectivity index (χ0v) is 20.7. The Kier molecular flexibility index (Phi) is 6.58. The van der Waals surface area contributed by atoms with Crippen molar-refractivity contribution in [2.45, 2.75) is 19.0 Å². The molecule has 1 fully saturated rings. The fourth-order valence-corrected chi connectivity index (χ4v) is 4.43. The Morgan fingerprint density at radius 3 is 2.51 bits per heavy atom. The van der Waals surface area contributed by atoms with Crippen LogP contribution >= 0.6 is 22.6 Å². The molecule has 1 saturated heterocycles. The second-order valence-corrected chi connectivity index (χ2v) is 9.32. The number of nitrogens with zero attached hydrogens (tertiary/aromatic N) is 2. The number of hydrogen-bond acceptors (Lipinski definition) is 6. The van der Waals surface area contributed by atoms with E-state index in [1.165, 1.54) is 4.90 Å². The Labute approximate surface area is 215 Å². The zero-order chi connectivity index (χ0) is 24.4. The Morgan fingerprint density at radius 2 is 1.74 bits per heavy atom. The molecule has 3 aromatic rings. The summed E-state index contributed by atoms with van der Waals surface area (Å²) in [5.74, 6) is 0.542. The highest BCUT2D eigenvalue weighted by atomic mass is 127. The number of fused-ring (bicyclic) bond motifs is 1. The molecule has 2 aliphatic rings. The number of imide groups is 1. The number of halogens is 1. The summed E-state index contributed by atoms with van der Waals surface area (Å²) < 4.78 is 17.5. The quantitative estimate of drug-likeness (QED) is 0.311. The summed E-state index contributed by atoms with van der Waals surface area (Å²) in [5.41, 5.74) is 1.23. The van der Waals surface area contributed by atoms with Gasteiger partial charge in [-0.15, -0.1) is 0 Å². The van der Waals surface area contributed by atoms with E-state index < -0.39 is 17.9 Å². The van der Waals surface area contributed by atoms with Crippen molar-refractivity contribution >= 4 is 46.0 Å². The minimum Gasteiger partial charge on any atom is -0.484 e. The van der Waals surface area contributed by atoms with Gasteiger partial charge in [0.25, 0.3) is 11.8 Å². The summed E-state index contributed by atoms with van der Waals surface area (Å²) in [6.07, 6.45) is -0.105. The molecule has 3 amide bonds. The molecule has 178 valence electrons. The molecule has 2 aliphatic heterocycles. The summed E-state index contributed by atoms with van der Waals surface area (Å²) in [6.45, 7) is -0.0269. The normalized spacial score (nSPS) is 16.5. The number of benzene rings is 3. The third-order valence-electron chi connectivity index (χ3n) is 5.80. The molecule has 0 aliphatic carbocycles. The van der Waals surface area contributed by atoms with Crippen LogP contribution < -0.4 is 19.1 Å². The lowest BCUT2D eigenvalue weighted by Gasteiger charge is -2.28. The standard InChI is InChI=1S/C26H21IN2O6/c27-18-7-9-19(10-8-18)29-24(30)13-21(26(29)32)28(25(31)15-33-20-4-2-1-3-5-20)14-17-6-11-22-23(12-17)35-16-34-22/h1-12,21H,13-16H2. The van der Waals surface area contributed by atoms with Gasteiger partial charge >= 0.3 is 0 Å². The number of hydrogen-bond donors (Lipinski definition) is 0. The smallest absolute Gasteiger partial charge is 0.261 e.